The first-order valence-corrected chi connectivity index (χ1v) is 6.84. The van der Waals surface area contributed by atoms with Gasteiger partial charge in [-0.05, 0) is 11.6 Å². The molecule has 0 spiro atoms. The Hall–Kier alpha value is -1.27. The van der Waals surface area contributed by atoms with Gasteiger partial charge in [-0.3, -0.25) is 4.79 Å². The summed E-state index contributed by atoms with van der Waals surface area (Å²) in [7, 11) is 1.03. The Morgan fingerprint density at radius 2 is 1.59 bits per heavy atom. The third-order valence-electron chi connectivity index (χ3n) is 2.33. The van der Waals surface area contributed by atoms with Crippen LogP contribution in [0, 0.1) is 0 Å². The van der Waals surface area contributed by atoms with Crippen LogP contribution >= 0.6 is 0 Å². The monoisotopic (exact) mass is 252 g/mol. The van der Waals surface area contributed by atoms with Crippen molar-refractivity contribution in [2.24, 2.45) is 0 Å². The van der Waals surface area contributed by atoms with E-state index in [0.717, 1.165) is 5.56 Å². The molecule has 0 bridgehead atoms. The van der Waals surface area contributed by atoms with Gasteiger partial charge >= 0.3 is 8.80 Å². The van der Waals surface area contributed by atoms with Crippen molar-refractivity contribution in [2.75, 3.05) is 21.3 Å². The Balaban J connectivity index is 2.81. The van der Waals surface area contributed by atoms with Gasteiger partial charge in [0.15, 0.2) is 0 Å². The minimum absolute atomic E-state index is 0.270. The highest BCUT2D eigenvalue weighted by molar-refractivity contribution is 6.94. The molecule has 1 aromatic carbocycles. The van der Waals surface area contributed by atoms with Crippen LogP contribution in [0.25, 0.3) is 6.08 Å². The second-order valence-electron chi connectivity index (χ2n) is 3.28. The van der Waals surface area contributed by atoms with E-state index in [9.17, 15) is 4.79 Å². The predicted molar refractivity (Wildman–Crippen MR) is 67.3 cm³/mol. The molecule has 4 nitrogen and oxygen atoms in total. The second-order valence-corrected chi connectivity index (χ2v) is 6.11. The van der Waals surface area contributed by atoms with E-state index in [1.165, 1.54) is 27.4 Å². The molecule has 1 rings (SSSR count). The summed E-state index contributed by atoms with van der Waals surface area (Å²) in [4.78, 5) is 11.9. The molecule has 0 aliphatic heterocycles. The third-order valence-corrected chi connectivity index (χ3v) is 4.72. The molecule has 0 amide bonds. The van der Waals surface area contributed by atoms with Gasteiger partial charge in [-0.15, -0.1) is 0 Å². The summed E-state index contributed by atoms with van der Waals surface area (Å²) in [6, 6.07) is 9.52. The van der Waals surface area contributed by atoms with E-state index in [1.54, 1.807) is 6.08 Å². The number of hydrogen-bond donors (Lipinski definition) is 0. The van der Waals surface area contributed by atoms with Crippen LogP contribution in [0.3, 0.4) is 0 Å². The zero-order chi connectivity index (χ0) is 12.7. The van der Waals surface area contributed by atoms with Crippen molar-refractivity contribution in [3.63, 3.8) is 0 Å². The Kier molecular flexibility index (Phi) is 5.24. The Morgan fingerprint density at radius 3 is 2.06 bits per heavy atom. The highest BCUT2D eigenvalue weighted by Gasteiger charge is 2.46. The third kappa shape index (κ3) is 3.34. The van der Waals surface area contributed by atoms with Crippen molar-refractivity contribution >= 4 is 20.3 Å². The van der Waals surface area contributed by atoms with Gasteiger partial charge in [-0.2, -0.15) is 0 Å². The SMILES string of the molecule is CO[Si](OC)(OC)C(=O)/C=C/c1ccccc1. The first-order chi connectivity index (χ1) is 8.18. The van der Waals surface area contributed by atoms with Crippen molar-refractivity contribution in [3.05, 3.63) is 42.0 Å². The van der Waals surface area contributed by atoms with Gasteiger partial charge in [0.25, 0.3) is 0 Å². The summed E-state index contributed by atoms with van der Waals surface area (Å²) in [6.45, 7) is 0. The van der Waals surface area contributed by atoms with Gasteiger partial charge < -0.3 is 13.3 Å². The molecule has 0 aromatic heterocycles. The maximum atomic E-state index is 11.9. The maximum absolute atomic E-state index is 11.9. The molecule has 0 fully saturated rings. The van der Waals surface area contributed by atoms with E-state index in [4.69, 9.17) is 13.3 Å². The van der Waals surface area contributed by atoms with Crippen LogP contribution < -0.4 is 0 Å². The normalized spacial score (nSPS) is 11.9. The van der Waals surface area contributed by atoms with Crippen molar-refractivity contribution in [3.8, 4) is 0 Å². The van der Waals surface area contributed by atoms with Gasteiger partial charge in [0.1, 0.15) is 0 Å². The summed E-state index contributed by atoms with van der Waals surface area (Å²) in [5, 5.41) is -0.270. The lowest BCUT2D eigenvalue weighted by Gasteiger charge is -2.20. The molecule has 0 N–H and O–H groups in total. The molecular formula is C12H16O4Si. The van der Waals surface area contributed by atoms with E-state index in [-0.39, 0.29) is 5.41 Å². The topological polar surface area (TPSA) is 44.8 Å². The number of hydrogen-bond acceptors (Lipinski definition) is 4. The van der Waals surface area contributed by atoms with E-state index in [1.807, 2.05) is 30.3 Å². The Labute approximate surface area is 102 Å². The number of carbonyl (C=O) groups excluding carboxylic acids is 1. The van der Waals surface area contributed by atoms with E-state index in [2.05, 4.69) is 0 Å². The van der Waals surface area contributed by atoms with Crippen LogP contribution in [-0.2, 0) is 18.1 Å². The maximum Gasteiger partial charge on any atom is 0.578 e. The lowest BCUT2D eigenvalue weighted by Crippen LogP contribution is -2.50. The van der Waals surface area contributed by atoms with Crippen LogP contribution in [-0.4, -0.2) is 35.5 Å². The fraction of sp³-hybridized carbons (Fsp3) is 0.250. The highest BCUT2D eigenvalue weighted by atomic mass is 28.4. The standard InChI is InChI=1S/C12H16O4Si/c1-14-17(15-2,16-3)12(13)10-9-11-7-5-4-6-8-11/h4-10H,1-3H3/b10-9+. The van der Waals surface area contributed by atoms with Gasteiger partial charge in [0.05, 0.1) is 0 Å². The predicted octanol–water partition coefficient (Wildman–Crippen LogP) is 1.69. The molecule has 0 unspecified atom stereocenters. The number of rotatable bonds is 6. The minimum Gasteiger partial charge on any atom is -0.372 e. The van der Waals surface area contributed by atoms with Crippen LogP contribution in [0.2, 0.25) is 0 Å². The first kappa shape index (κ1) is 13.8. The molecule has 17 heavy (non-hydrogen) atoms. The zero-order valence-corrected chi connectivity index (χ0v) is 11.2. The molecule has 0 aliphatic carbocycles. The molecule has 1 aromatic rings. The summed E-state index contributed by atoms with van der Waals surface area (Å²) >= 11 is 0. The second kappa shape index (κ2) is 6.46. The number of allylic oxidation sites excluding steroid dienone is 1. The molecule has 0 aliphatic rings. The number of carbonyl (C=O) groups is 1. The smallest absolute Gasteiger partial charge is 0.372 e. The summed E-state index contributed by atoms with van der Waals surface area (Å²) < 4.78 is 15.2. The highest BCUT2D eigenvalue weighted by Crippen LogP contribution is 2.10. The van der Waals surface area contributed by atoms with Crippen molar-refractivity contribution in [1.82, 2.24) is 0 Å². The summed E-state index contributed by atoms with van der Waals surface area (Å²) in [5.74, 6) is 0. The Morgan fingerprint density at radius 1 is 1.06 bits per heavy atom. The summed E-state index contributed by atoms with van der Waals surface area (Å²) in [6.07, 6.45) is 3.14. The zero-order valence-electron chi connectivity index (χ0n) is 10.2. The van der Waals surface area contributed by atoms with Gasteiger partial charge in [0, 0.05) is 21.3 Å². The van der Waals surface area contributed by atoms with Crippen molar-refractivity contribution in [2.45, 2.75) is 0 Å². The molecule has 92 valence electrons. The molecule has 0 radical (unpaired) electrons. The number of benzene rings is 1. The average molecular weight is 252 g/mol. The van der Waals surface area contributed by atoms with Gasteiger partial charge in [0.2, 0.25) is 5.41 Å². The largest absolute Gasteiger partial charge is 0.578 e. The fourth-order valence-electron chi connectivity index (χ4n) is 1.39. The first-order valence-electron chi connectivity index (χ1n) is 5.11. The quantitative estimate of drug-likeness (QED) is 0.571. The van der Waals surface area contributed by atoms with Crippen molar-refractivity contribution < 1.29 is 18.1 Å². The average Bonchev–Trinajstić information content (AvgIpc) is 2.40. The molecule has 0 heterocycles. The van der Waals surface area contributed by atoms with Gasteiger partial charge in [-0.1, -0.05) is 36.4 Å². The van der Waals surface area contributed by atoms with E-state index >= 15 is 0 Å². The van der Waals surface area contributed by atoms with Gasteiger partial charge in [-0.25, -0.2) is 0 Å². The molecule has 0 atom stereocenters. The van der Waals surface area contributed by atoms with Crippen LogP contribution in [0.5, 0.6) is 0 Å². The van der Waals surface area contributed by atoms with E-state index in [0.29, 0.717) is 0 Å². The molecule has 0 saturated carbocycles. The van der Waals surface area contributed by atoms with Crippen molar-refractivity contribution in [1.29, 1.82) is 0 Å². The minimum atomic E-state index is -3.20. The van der Waals surface area contributed by atoms with Crippen LogP contribution in [0.4, 0.5) is 0 Å². The van der Waals surface area contributed by atoms with Crippen LogP contribution in [0.1, 0.15) is 5.56 Å². The lowest BCUT2D eigenvalue weighted by molar-refractivity contribution is -0.113. The Bertz CT molecular complexity index is 376. The lowest BCUT2D eigenvalue weighted by atomic mass is 10.2. The molecule has 0 saturated heterocycles. The molecule has 5 heteroatoms. The van der Waals surface area contributed by atoms with E-state index < -0.39 is 8.80 Å². The fourth-order valence-corrected chi connectivity index (χ4v) is 2.78. The van der Waals surface area contributed by atoms with Crippen LogP contribution in [0.15, 0.2) is 36.4 Å². The summed E-state index contributed by atoms with van der Waals surface area (Å²) in [5.41, 5.74) is 0.937. The molecular weight excluding hydrogens is 236 g/mol.